The van der Waals surface area contributed by atoms with Crippen LogP contribution in [0.4, 0.5) is 5.69 Å². The van der Waals surface area contributed by atoms with E-state index in [2.05, 4.69) is 5.32 Å². The number of hydrogen-bond donors (Lipinski definition) is 2. The van der Waals surface area contributed by atoms with Gasteiger partial charge >= 0.3 is 0 Å². The molecule has 0 aliphatic carbocycles. The van der Waals surface area contributed by atoms with Crippen molar-refractivity contribution in [3.63, 3.8) is 0 Å². The highest BCUT2D eigenvalue weighted by Crippen LogP contribution is 2.38. The van der Waals surface area contributed by atoms with E-state index in [1.165, 1.54) is 0 Å². The number of rotatable bonds is 0. The van der Waals surface area contributed by atoms with E-state index in [1.807, 2.05) is 0 Å². The number of nitrogens with two attached hydrogens (primary N) is 1. The first-order valence-electron chi connectivity index (χ1n) is 4.17. The molecule has 4 heteroatoms. The molecule has 0 saturated heterocycles. The third-order valence-corrected chi connectivity index (χ3v) is 2.91. The number of benzene rings is 1. The molecule has 13 heavy (non-hydrogen) atoms. The van der Waals surface area contributed by atoms with Crippen molar-refractivity contribution in [2.45, 2.75) is 12.5 Å². The van der Waals surface area contributed by atoms with Crippen molar-refractivity contribution in [2.24, 2.45) is 5.73 Å². The first kappa shape index (κ1) is 9.13. The maximum Gasteiger partial charge on any atom is 0.0642 e. The number of hydrogen-bond acceptors (Lipinski definition) is 2. The second-order valence-electron chi connectivity index (χ2n) is 3.14. The zero-order valence-electron chi connectivity index (χ0n) is 6.98. The standard InChI is InChI=1S/C9H10Cl2N2/c10-5-1-2-6(11)9-8(5)7(12)3-4-13-9/h1-2,7,13H,3-4,12H2. The zero-order valence-corrected chi connectivity index (χ0v) is 8.49. The smallest absolute Gasteiger partial charge is 0.0642 e. The molecule has 0 saturated carbocycles. The topological polar surface area (TPSA) is 38.0 Å². The molecular formula is C9H10Cl2N2. The lowest BCUT2D eigenvalue weighted by molar-refractivity contribution is 0.655. The van der Waals surface area contributed by atoms with Crippen LogP contribution in [0.5, 0.6) is 0 Å². The van der Waals surface area contributed by atoms with Crippen molar-refractivity contribution in [3.05, 3.63) is 27.7 Å². The summed E-state index contributed by atoms with van der Waals surface area (Å²) in [6, 6.07) is 3.58. The molecule has 1 unspecified atom stereocenters. The Hall–Kier alpha value is -0.440. The van der Waals surface area contributed by atoms with Gasteiger partial charge in [0, 0.05) is 23.2 Å². The average molecular weight is 217 g/mol. The minimum absolute atomic E-state index is 0.00227. The summed E-state index contributed by atoms with van der Waals surface area (Å²) in [5, 5.41) is 4.59. The fraction of sp³-hybridized carbons (Fsp3) is 0.333. The molecule has 1 aromatic rings. The van der Waals surface area contributed by atoms with Crippen LogP contribution in [0.3, 0.4) is 0 Å². The Morgan fingerprint density at radius 3 is 2.69 bits per heavy atom. The maximum atomic E-state index is 6.03. The van der Waals surface area contributed by atoms with Gasteiger partial charge in [-0.3, -0.25) is 0 Å². The van der Waals surface area contributed by atoms with Gasteiger partial charge in [-0.2, -0.15) is 0 Å². The first-order chi connectivity index (χ1) is 6.20. The first-order valence-corrected chi connectivity index (χ1v) is 4.93. The summed E-state index contributed by atoms with van der Waals surface area (Å²) in [5.74, 6) is 0. The quantitative estimate of drug-likeness (QED) is 0.701. The van der Waals surface area contributed by atoms with Crippen molar-refractivity contribution in [3.8, 4) is 0 Å². The third kappa shape index (κ3) is 1.50. The summed E-state index contributed by atoms with van der Waals surface area (Å²) in [4.78, 5) is 0. The highest BCUT2D eigenvalue weighted by molar-refractivity contribution is 6.36. The van der Waals surface area contributed by atoms with Crippen molar-refractivity contribution in [2.75, 3.05) is 11.9 Å². The molecule has 1 aromatic carbocycles. The number of nitrogens with one attached hydrogen (secondary N) is 1. The molecule has 1 atom stereocenters. The molecule has 0 bridgehead atoms. The van der Waals surface area contributed by atoms with E-state index in [1.54, 1.807) is 12.1 Å². The van der Waals surface area contributed by atoms with Gasteiger partial charge in [0.05, 0.1) is 10.7 Å². The molecule has 0 aromatic heterocycles. The SMILES string of the molecule is NC1CCNc2c(Cl)ccc(Cl)c21. The van der Waals surface area contributed by atoms with E-state index in [-0.39, 0.29) is 6.04 Å². The Labute approximate surface area is 87.0 Å². The van der Waals surface area contributed by atoms with E-state index in [4.69, 9.17) is 28.9 Å². The highest BCUT2D eigenvalue weighted by Gasteiger charge is 2.21. The summed E-state index contributed by atoms with van der Waals surface area (Å²) < 4.78 is 0. The van der Waals surface area contributed by atoms with Gasteiger partial charge in [-0.15, -0.1) is 0 Å². The average Bonchev–Trinajstić information content (AvgIpc) is 2.12. The van der Waals surface area contributed by atoms with Gasteiger partial charge in [0.15, 0.2) is 0 Å². The lowest BCUT2D eigenvalue weighted by atomic mass is 9.99. The predicted octanol–water partition coefficient (Wildman–Crippen LogP) is 2.81. The van der Waals surface area contributed by atoms with Crippen LogP contribution in [0.15, 0.2) is 12.1 Å². The molecule has 1 aliphatic rings. The monoisotopic (exact) mass is 216 g/mol. The van der Waals surface area contributed by atoms with Gasteiger partial charge in [0.1, 0.15) is 0 Å². The maximum absolute atomic E-state index is 6.03. The van der Waals surface area contributed by atoms with Crippen molar-refractivity contribution >= 4 is 28.9 Å². The third-order valence-electron chi connectivity index (χ3n) is 2.27. The fourth-order valence-electron chi connectivity index (χ4n) is 1.61. The van der Waals surface area contributed by atoms with Gasteiger partial charge in [-0.25, -0.2) is 0 Å². The Balaban J connectivity index is 2.60. The summed E-state index contributed by atoms with van der Waals surface area (Å²) >= 11 is 12.0. The number of anilines is 1. The number of fused-ring (bicyclic) bond motifs is 1. The lowest BCUT2D eigenvalue weighted by Gasteiger charge is -2.25. The Morgan fingerprint density at radius 1 is 1.31 bits per heavy atom. The fourth-order valence-corrected chi connectivity index (χ4v) is 2.14. The van der Waals surface area contributed by atoms with Crippen LogP contribution in [0.2, 0.25) is 10.0 Å². The van der Waals surface area contributed by atoms with Crippen LogP contribution in [0.25, 0.3) is 0 Å². The molecular weight excluding hydrogens is 207 g/mol. The molecule has 1 aliphatic heterocycles. The Kier molecular flexibility index (Phi) is 2.37. The molecule has 2 nitrogen and oxygen atoms in total. The molecule has 2 rings (SSSR count). The molecule has 70 valence electrons. The second-order valence-corrected chi connectivity index (χ2v) is 3.95. The minimum atomic E-state index is 0.00227. The van der Waals surface area contributed by atoms with Gasteiger partial charge in [0.2, 0.25) is 0 Å². The van der Waals surface area contributed by atoms with Crippen LogP contribution in [-0.4, -0.2) is 6.54 Å². The van der Waals surface area contributed by atoms with Crippen molar-refractivity contribution in [1.82, 2.24) is 0 Å². The Morgan fingerprint density at radius 2 is 2.00 bits per heavy atom. The summed E-state index contributed by atoms with van der Waals surface area (Å²) in [6.45, 7) is 0.855. The van der Waals surface area contributed by atoms with E-state index in [9.17, 15) is 0 Å². The van der Waals surface area contributed by atoms with Gasteiger partial charge in [0.25, 0.3) is 0 Å². The van der Waals surface area contributed by atoms with Crippen LogP contribution in [0.1, 0.15) is 18.0 Å². The van der Waals surface area contributed by atoms with Crippen molar-refractivity contribution < 1.29 is 0 Å². The molecule has 1 heterocycles. The molecule has 0 radical (unpaired) electrons. The van der Waals surface area contributed by atoms with Crippen LogP contribution < -0.4 is 11.1 Å². The van der Waals surface area contributed by atoms with Gasteiger partial charge in [-0.1, -0.05) is 23.2 Å². The van der Waals surface area contributed by atoms with E-state index in [0.29, 0.717) is 10.0 Å². The minimum Gasteiger partial charge on any atom is -0.383 e. The van der Waals surface area contributed by atoms with Crippen LogP contribution in [-0.2, 0) is 0 Å². The summed E-state index contributed by atoms with van der Waals surface area (Å²) in [6.07, 6.45) is 0.896. The molecule has 0 fully saturated rings. The van der Waals surface area contributed by atoms with Gasteiger partial charge in [-0.05, 0) is 18.6 Å². The highest BCUT2D eigenvalue weighted by atomic mass is 35.5. The van der Waals surface area contributed by atoms with Crippen molar-refractivity contribution in [1.29, 1.82) is 0 Å². The molecule has 3 N–H and O–H groups in total. The number of halogens is 2. The lowest BCUT2D eigenvalue weighted by Crippen LogP contribution is -2.23. The summed E-state index contributed by atoms with van der Waals surface area (Å²) in [7, 11) is 0. The second kappa shape index (κ2) is 3.37. The van der Waals surface area contributed by atoms with Crippen LogP contribution in [0, 0.1) is 0 Å². The van der Waals surface area contributed by atoms with Crippen LogP contribution >= 0.6 is 23.2 Å². The molecule has 0 spiro atoms. The zero-order chi connectivity index (χ0) is 9.42. The summed E-state index contributed by atoms with van der Waals surface area (Å²) in [5.41, 5.74) is 7.77. The predicted molar refractivity (Wildman–Crippen MR) is 56.5 cm³/mol. The molecule has 0 amide bonds. The van der Waals surface area contributed by atoms with E-state index >= 15 is 0 Å². The van der Waals surface area contributed by atoms with E-state index < -0.39 is 0 Å². The van der Waals surface area contributed by atoms with Gasteiger partial charge < -0.3 is 11.1 Å². The van der Waals surface area contributed by atoms with E-state index in [0.717, 1.165) is 24.2 Å². The Bertz CT molecular complexity index is 339. The largest absolute Gasteiger partial charge is 0.383 e. The normalized spacial score (nSPS) is 20.7.